The smallest absolute Gasteiger partial charge is 0.162 e. The first-order valence-corrected chi connectivity index (χ1v) is 5.27. The van der Waals surface area contributed by atoms with Gasteiger partial charge in [-0.15, -0.1) is 0 Å². The summed E-state index contributed by atoms with van der Waals surface area (Å²) in [6.07, 6.45) is 0. The zero-order valence-electron chi connectivity index (χ0n) is 8.84. The lowest BCUT2D eigenvalue weighted by Crippen LogP contribution is -2.42. The number of benzene rings is 1. The summed E-state index contributed by atoms with van der Waals surface area (Å²) < 4.78 is 25.8. The minimum Gasteiger partial charge on any atom is -0.508 e. The van der Waals surface area contributed by atoms with Crippen LogP contribution in [0.25, 0.3) is 0 Å². The molecular weight excluding hydrogens is 214 g/mol. The van der Waals surface area contributed by atoms with E-state index >= 15 is 0 Å². The van der Waals surface area contributed by atoms with Crippen LogP contribution in [0.3, 0.4) is 0 Å². The van der Waals surface area contributed by atoms with E-state index < -0.39 is 11.6 Å². The lowest BCUT2D eigenvalue weighted by atomic mass is 10.1. The van der Waals surface area contributed by atoms with Gasteiger partial charge in [0.1, 0.15) is 5.75 Å². The zero-order valence-corrected chi connectivity index (χ0v) is 8.84. The van der Waals surface area contributed by atoms with Gasteiger partial charge in [-0.05, 0) is 6.07 Å². The van der Waals surface area contributed by atoms with Crippen molar-refractivity contribution in [1.82, 2.24) is 10.2 Å². The average Bonchev–Trinajstić information content (AvgIpc) is 2.27. The van der Waals surface area contributed by atoms with Crippen molar-refractivity contribution in [2.45, 2.75) is 6.54 Å². The molecule has 0 radical (unpaired) electrons. The highest BCUT2D eigenvalue weighted by Crippen LogP contribution is 2.22. The Morgan fingerprint density at radius 3 is 2.50 bits per heavy atom. The van der Waals surface area contributed by atoms with E-state index in [0.717, 1.165) is 38.3 Å². The second-order valence-corrected chi connectivity index (χ2v) is 3.92. The minimum absolute atomic E-state index is 0.183. The van der Waals surface area contributed by atoms with Gasteiger partial charge in [-0.3, -0.25) is 4.90 Å². The Kier molecular flexibility index (Phi) is 3.36. The van der Waals surface area contributed by atoms with Gasteiger partial charge >= 0.3 is 0 Å². The highest BCUT2D eigenvalue weighted by atomic mass is 19.2. The number of nitrogens with zero attached hydrogens (tertiary/aromatic N) is 1. The Morgan fingerprint density at radius 2 is 1.81 bits per heavy atom. The summed E-state index contributed by atoms with van der Waals surface area (Å²) in [4.78, 5) is 2.09. The number of nitrogens with one attached hydrogen (secondary N) is 1. The molecule has 1 aliphatic rings. The number of piperazine rings is 1. The molecule has 1 aromatic rings. The van der Waals surface area contributed by atoms with Crippen LogP contribution in [0.5, 0.6) is 5.75 Å². The first-order chi connectivity index (χ1) is 7.66. The van der Waals surface area contributed by atoms with E-state index in [9.17, 15) is 13.9 Å². The van der Waals surface area contributed by atoms with Gasteiger partial charge in [0.2, 0.25) is 0 Å². The Bertz CT molecular complexity index is 378. The Morgan fingerprint density at radius 1 is 1.19 bits per heavy atom. The van der Waals surface area contributed by atoms with Crippen molar-refractivity contribution in [3.05, 3.63) is 29.3 Å². The summed E-state index contributed by atoms with van der Waals surface area (Å²) in [7, 11) is 0. The quantitative estimate of drug-likeness (QED) is 0.795. The van der Waals surface area contributed by atoms with E-state index in [1.54, 1.807) is 0 Å². The number of aromatic hydroxyl groups is 1. The van der Waals surface area contributed by atoms with E-state index in [1.807, 2.05) is 0 Å². The van der Waals surface area contributed by atoms with Crippen LogP contribution in [-0.4, -0.2) is 36.2 Å². The molecule has 2 N–H and O–H groups in total. The molecule has 1 aliphatic heterocycles. The van der Waals surface area contributed by atoms with E-state index in [-0.39, 0.29) is 5.75 Å². The Hall–Kier alpha value is -1.20. The van der Waals surface area contributed by atoms with Crippen LogP contribution in [0.1, 0.15) is 5.56 Å². The van der Waals surface area contributed by atoms with Crippen LogP contribution in [0.2, 0.25) is 0 Å². The first-order valence-electron chi connectivity index (χ1n) is 5.27. The first kappa shape index (κ1) is 11.3. The lowest BCUT2D eigenvalue weighted by Gasteiger charge is -2.27. The SMILES string of the molecule is Oc1cc(F)c(F)cc1CN1CCNCC1. The highest BCUT2D eigenvalue weighted by molar-refractivity contribution is 5.33. The van der Waals surface area contributed by atoms with Gasteiger partial charge < -0.3 is 10.4 Å². The summed E-state index contributed by atoms with van der Waals surface area (Å²) in [5.41, 5.74) is 0.431. The van der Waals surface area contributed by atoms with E-state index in [4.69, 9.17) is 0 Å². The van der Waals surface area contributed by atoms with Crippen LogP contribution in [0, 0.1) is 11.6 Å². The van der Waals surface area contributed by atoms with Crippen molar-refractivity contribution >= 4 is 0 Å². The maximum absolute atomic E-state index is 13.0. The van der Waals surface area contributed by atoms with Gasteiger partial charge in [-0.1, -0.05) is 0 Å². The molecule has 0 bridgehead atoms. The molecule has 16 heavy (non-hydrogen) atoms. The monoisotopic (exact) mass is 228 g/mol. The third-order valence-corrected chi connectivity index (χ3v) is 2.73. The third kappa shape index (κ3) is 2.48. The van der Waals surface area contributed by atoms with Crippen LogP contribution < -0.4 is 5.32 Å². The lowest BCUT2D eigenvalue weighted by molar-refractivity contribution is 0.230. The van der Waals surface area contributed by atoms with Crippen LogP contribution in [0.4, 0.5) is 8.78 Å². The van der Waals surface area contributed by atoms with Crippen LogP contribution >= 0.6 is 0 Å². The van der Waals surface area contributed by atoms with Gasteiger partial charge in [0.05, 0.1) is 0 Å². The van der Waals surface area contributed by atoms with Crippen molar-refractivity contribution in [2.75, 3.05) is 26.2 Å². The van der Waals surface area contributed by atoms with E-state index in [2.05, 4.69) is 10.2 Å². The van der Waals surface area contributed by atoms with Crippen LogP contribution in [-0.2, 0) is 6.54 Å². The van der Waals surface area contributed by atoms with Gasteiger partial charge in [-0.25, -0.2) is 8.78 Å². The standard InChI is InChI=1S/C11H14F2N2O/c12-9-5-8(11(16)6-10(9)13)7-15-3-1-14-2-4-15/h5-6,14,16H,1-4,7H2. The number of hydrogen-bond acceptors (Lipinski definition) is 3. The summed E-state index contributed by atoms with van der Waals surface area (Å²) in [5.74, 6) is -2.11. The van der Waals surface area contributed by atoms with Crippen molar-refractivity contribution in [3.8, 4) is 5.75 Å². The molecule has 3 nitrogen and oxygen atoms in total. The minimum atomic E-state index is -1.01. The highest BCUT2D eigenvalue weighted by Gasteiger charge is 2.14. The topological polar surface area (TPSA) is 35.5 Å². The second kappa shape index (κ2) is 4.76. The van der Waals surface area contributed by atoms with Gasteiger partial charge in [0.15, 0.2) is 11.6 Å². The molecule has 0 spiro atoms. The fraction of sp³-hybridized carbons (Fsp3) is 0.455. The predicted octanol–water partition coefficient (Wildman–Crippen LogP) is 1.08. The molecule has 2 rings (SSSR count). The van der Waals surface area contributed by atoms with Gasteiger partial charge in [0.25, 0.3) is 0 Å². The zero-order chi connectivity index (χ0) is 11.5. The fourth-order valence-electron chi connectivity index (χ4n) is 1.81. The van der Waals surface area contributed by atoms with Crippen LogP contribution in [0.15, 0.2) is 12.1 Å². The molecule has 0 unspecified atom stereocenters. The largest absolute Gasteiger partial charge is 0.508 e. The molecule has 1 fully saturated rings. The maximum Gasteiger partial charge on any atom is 0.162 e. The maximum atomic E-state index is 13.0. The molecule has 0 atom stereocenters. The van der Waals surface area contributed by atoms with E-state index in [1.165, 1.54) is 0 Å². The molecule has 0 amide bonds. The molecule has 0 aromatic heterocycles. The van der Waals surface area contributed by atoms with Gasteiger partial charge in [0, 0.05) is 44.4 Å². The number of hydrogen-bond donors (Lipinski definition) is 2. The average molecular weight is 228 g/mol. The fourth-order valence-corrected chi connectivity index (χ4v) is 1.81. The van der Waals surface area contributed by atoms with Crippen molar-refractivity contribution in [2.24, 2.45) is 0 Å². The normalized spacial score (nSPS) is 17.6. The molecule has 88 valence electrons. The molecule has 1 saturated heterocycles. The number of phenols is 1. The van der Waals surface area contributed by atoms with Gasteiger partial charge in [-0.2, -0.15) is 0 Å². The summed E-state index contributed by atoms with van der Waals surface area (Å²) in [5, 5.41) is 12.7. The summed E-state index contributed by atoms with van der Waals surface area (Å²) >= 11 is 0. The Labute approximate surface area is 92.7 Å². The second-order valence-electron chi connectivity index (χ2n) is 3.92. The third-order valence-electron chi connectivity index (χ3n) is 2.73. The Balaban J connectivity index is 2.11. The number of rotatable bonds is 2. The number of phenolic OH excluding ortho intramolecular Hbond substituents is 1. The summed E-state index contributed by atoms with van der Waals surface area (Å²) in [6.45, 7) is 3.90. The molecule has 0 saturated carbocycles. The molecule has 0 aliphatic carbocycles. The predicted molar refractivity (Wildman–Crippen MR) is 56.2 cm³/mol. The molecular formula is C11H14F2N2O. The van der Waals surface area contributed by atoms with Crippen molar-refractivity contribution in [1.29, 1.82) is 0 Å². The van der Waals surface area contributed by atoms with Crippen molar-refractivity contribution < 1.29 is 13.9 Å². The van der Waals surface area contributed by atoms with Crippen molar-refractivity contribution in [3.63, 3.8) is 0 Å². The molecule has 1 aromatic carbocycles. The van der Waals surface area contributed by atoms with E-state index in [0.29, 0.717) is 12.1 Å². The molecule has 5 heteroatoms. The summed E-state index contributed by atoms with van der Waals surface area (Å²) in [6, 6.07) is 1.89. The number of halogens is 2. The molecule has 1 heterocycles.